The van der Waals surface area contributed by atoms with Crippen molar-refractivity contribution >= 4 is 11.8 Å². The first kappa shape index (κ1) is 12.4. The Hall–Kier alpha value is -2.02. The molecule has 0 aliphatic carbocycles. The zero-order valence-electron chi connectivity index (χ0n) is 9.85. The van der Waals surface area contributed by atoms with E-state index in [1.807, 2.05) is 0 Å². The maximum absolute atomic E-state index is 11.9. The summed E-state index contributed by atoms with van der Waals surface area (Å²) in [5.41, 5.74) is 4.44. The summed E-state index contributed by atoms with van der Waals surface area (Å²) in [7, 11) is 0. The van der Waals surface area contributed by atoms with E-state index in [1.165, 1.54) is 18.6 Å². The van der Waals surface area contributed by atoms with Crippen molar-refractivity contribution in [2.45, 2.75) is 25.0 Å². The fourth-order valence-electron chi connectivity index (χ4n) is 1.86. The van der Waals surface area contributed by atoms with Gasteiger partial charge in [0.15, 0.2) is 11.5 Å². The number of nitrogens with zero attached hydrogens (tertiary/aromatic N) is 2. The van der Waals surface area contributed by atoms with Crippen LogP contribution in [0.25, 0.3) is 0 Å². The summed E-state index contributed by atoms with van der Waals surface area (Å²) >= 11 is 0. The summed E-state index contributed by atoms with van der Waals surface area (Å²) in [4.78, 5) is 19.6. The standard InChI is InChI=1S/C11H15N5O2/c12-10(13)11(3-1-2-4-16-11)18-9(17)8-7-14-5-6-15-8/h5-7,16H,1-4H2,(H3,12,13). The highest BCUT2D eigenvalue weighted by molar-refractivity contribution is 5.92. The number of piperidine rings is 1. The average molecular weight is 249 g/mol. The first-order valence-corrected chi connectivity index (χ1v) is 5.73. The number of nitrogens with one attached hydrogen (secondary N) is 2. The molecule has 1 aliphatic rings. The van der Waals surface area contributed by atoms with Crippen LogP contribution >= 0.6 is 0 Å². The predicted octanol–water partition coefficient (Wildman–Crippen LogP) is 0.0392. The number of carbonyl (C=O) groups excluding carboxylic acids is 1. The van der Waals surface area contributed by atoms with Crippen LogP contribution in [0.4, 0.5) is 0 Å². The SMILES string of the molecule is N=C(N)C1(OC(=O)c2cnccn2)CCCCN1. The van der Waals surface area contributed by atoms with E-state index in [0.717, 1.165) is 12.8 Å². The van der Waals surface area contributed by atoms with Gasteiger partial charge >= 0.3 is 5.97 Å². The lowest BCUT2D eigenvalue weighted by molar-refractivity contribution is -0.0143. The number of aromatic nitrogens is 2. The highest BCUT2D eigenvalue weighted by Crippen LogP contribution is 2.21. The molecular weight excluding hydrogens is 234 g/mol. The van der Waals surface area contributed by atoms with Gasteiger partial charge < -0.3 is 10.5 Å². The number of hydrogen-bond donors (Lipinski definition) is 3. The van der Waals surface area contributed by atoms with E-state index in [0.29, 0.717) is 13.0 Å². The first-order valence-electron chi connectivity index (χ1n) is 5.73. The summed E-state index contributed by atoms with van der Waals surface area (Å²) in [6.07, 6.45) is 6.51. The Bertz CT molecular complexity index is 442. The third kappa shape index (κ3) is 2.45. The van der Waals surface area contributed by atoms with Gasteiger partial charge in [-0.05, 0) is 19.4 Å². The van der Waals surface area contributed by atoms with Crippen molar-refractivity contribution < 1.29 is 9.53 Å². The van der Waals surface area contributed by atoms with Crippen molar-refractivity contribution in [2.24, 2.45) is 5.73 Å². The second-order valence-electron chi connectivity index (χ2n) is 4.10. The molecule has 0 spiro atoms. The van der Waals surface area contributed by atoms with Gasteiger partial charge in [-0.3, -0.25) is 15.7 Å². The van der Waals surface area contributed by atoms with E-state index >= 15 is 0 Å². The van der Waals surface area contributed by atoms with Crippen LogP contribution in [0, 0.1) is 5.41 Å². The van der Waals surface area contributed by atoms with Crippen LogP contribution in [0.5, 0.6) is 0 Å². The highest BCUT2D eigenvalue weighted by Gasteiger charge is 2.39. The number of esters is 1. The number of nitrogens with two attached hydrogens (primary N) is 1. The van der Waals surface area contributed by atoms with Gasteiger partial charge in [-0.15, -0.1) is 0 Å². The monoisotopic (exact) mass is 249 g/mol. The molecule has 0 saturated carbocycles. The summed E-state index contributed by atoms with van der Waals surface area (Å²) in [6.45, 7) is 0.660. The number of hydrogen-bond acceptors (Lipinski definition) is 6. The molecule has 4 N–H and O–H groups in total. The molecule has 2 rings (SSSR count). The minimum atomic E-state index is -1.20. The van der Waals surface area contributed by atoms with Gasteiger partial charge in [0.1, 0.15) is 0 Å². The summed E-state index contributed by atoms with van der Waals surface area (Å²) in [6, 6.07) is 0. The van der Waals surface area contributed by atoms with Gasteiger partial charge in [0.05, 0.1) is 6.20 Å². The van der Waals surface area contributed by atoms with Gasteiger partial charge in [-0.1, -0.05) is 0 Å². The van der Waals surface area contributed by atoms with Crippen molar-refractivity contribution in [3.63, 3.8) is 0 Å². The molecule has 1 fully saturated rings. The van der Waals surface area contributed by atoms with Crippen LogP contribution in [0.15, 0.2) is 18.6 Å². The molecule has 1 atom stereocenters. The third-order valence-corrected chi connectivity index (χ3v) is 2.84. The van der Waals surface area contributed by atoms with Crippen molar-refractivity contribution in [2.75, 3.05) is 6.54 Å². The predicted molar refractivity (Wildman–Crippen MR) is 63.9 cm³/mol. The maximum atomic E-state index is 11.9. The maximum Gasteiger partial charge on any atom is 0.360 e. The van der Waals surface area contributed by atoms with Crippen molar-refractivity contribution in [3.8, 4) is 0 Å². The Morgan fingerprint density at radius 2 is 2.33 bits per heavy atom. The minimum Gasteiger partial charge on any atom is -0.431 e. The van der Waals surface area contributed by atoms with E-state index in [2.05, 4.69) is 15.3 Å². The fourth-order valence-corrected chi connectivity index (χ4v) is 1.86. The summed E-state index contributed by atoms with van der Waals surface area (Å²) < 4.78 is 5.32. The van der Waals surface area contributed by atoms with E-state index in [-0.39, 0.29) is 11.5 Å². The van der Waals surface area contributed by atoms with E-state index in [1.54, 1.807) is 0 Å². The summed E-state index contributed by atoms with van der Waals surface area (Å²) in [5, 5.41) is 10.6. The van der Waals surface area contributed by atoms with Gasteiger partial charge in [-0.2, -0.15) is 0 Å². The van der Waals surface area contributed by atoms with Gasteiger partial charge in [0, 0.05) is 18.8 Å². The fraction of sp³-hybridized carbons (Fsp3) is 0.455. The van der Waals surface area contributed by atoms with Crippen molar-refractivity contribution in [3.05, 3.63) is 24.3 Å². The second kappa shape index (κ2) is 5.09. The number of ether oxygens (including phenoxy) is 1. The zero-order valence-corrected chi connectivity index (χ0v) is 9.85. The smallest absolute Gasteiger partial charge is 0.360 e. The van der Waals surface area contributed by atoms with Crippen molar-refractivity contribution in [1.29, 1.82) is 5.41 Å². The molecule has 96 valence electrons. The number of amidine groups is 1. The minimum absolute atomic E-state index is 0.102. The second-order valence-corrected chi connectivity index (χ2v) is 4.10. The number of carbonyl (C=O) groups is 1. The molecule has 1 saturated heterocycles. The molecule has 1 unspecified atom stereocenters. The molecule has 0 radical (unpaired) electrons. The van der Waals surface area contributed by atoms with Gasteiger partial charge in [-0.25, -0.2) is 9.78 Å². The average Bonchev–Trinajstić information content (AvgIpc) is 2.40. The van der Waals surface area contributed by atoms with Crippen LogP contribution in [-0.2, 0) is 4.74 Å². The topological polar surface area (TPSA) is 114 Å². The van der Waals surface area contributed by atoms with Crippen LogP contribution in [0.2, 0.25) is 0 Å². The molecule has 1 aromatic rings. The van der Waals surface area contributed by atoms with E-state index in [9.17, 15) is 4.79 Å². The molecule has 7 heteroatoms. The lowest BCUT2D eigenvalue weighted by Gasteiger charge is -2.36. The molecule has 7 nitrogen and oxygen atoms in total. The lowest BCUT2D eigenvalue weighted by atomic mass is 10.00. The Morgan fingerprint density at radius 1 is 1.50 bits per heavy atom. The van der Waals surface area contributed by atoms with Crippen LogP contribution < -0.4 is 11.1 Å². The summed E-state index contributed by atoms with van der Waals surface area (Å²) in [5.74, 6) is -0.827. The van der Waals surface area contributed by atoms with Crippen LogP contribution in [0.1, 0.15) is 29.8 Å². The van der Waals surface area contributed by atoms with Gasteiger partial charge in [0.25, 0.3) is 0 Å². The highest BCUT2D eigenvalue weighted by atomic mass is 16.6. The Labute approximate surface area is 104 Å². The molecule has 0 aromatic carbocycles. The molecule has 2 heterocycles. The lowest BCUT2D eigenvalue weighted by Crippen LogP contribution is -2.60. The van der Waals surface area contributed by atoms with E-state index < -0.39 is 11.7 Å². The zero-order chi connectivity index (χ0) is 13.0. The normalized spacial score (nSPS) is 23.3. The Morgan fingerprint density at radius 3 is 2.89 bits per heavy atom. The largest absolute Gasteiger partial charge is 0.431 e. The number of rotatable bonds is 3. The Balaban J connectivity index is 2.15. The molecular formula is C11H15N5O2. The molecule has 0 bridgehead atoms. The van der Waals surface area contributed by atoms with Crippen molar-refractivity contribution in [1.82, 2.24) is 15.3 Å². The Kier molecular flexibility index (Phi) is 3.52. The molecule has 0 amide bonds. The molecule has 18 heavy (non-hydrogen) atoms. The molecule has 1 aromatic heterocycles. The molecule has 1 aliphatic heterocycles. The van der Waals surface area contributed by atoms with Gasteiger partial charge in [0.2, 0.25) is 5.72 Å². The first-order chi connectivity index (χ1) is 8.64. The quantitative estimate of drug-likeness (QED) is 0.396. The van der Waals surface area contributed by atoms with Crippen LogP contribution in [-0.4, -0.2) is 34.0 Å². The third-order valence-electron chi connectivity index (χ3n) is 2.84. The van der Waals surface area contributed by atoms with E-state index in [4.69, 9.17) is 15.9 Å². The van der Waals surface area contributed by atoms with Crippen LogP contribution in [0.3, 0.4) is 0 Å².